The number of nitriles is 1. The van der Waals surface area contributed by atoms with Crippen LogP contribution in [-0.4, -0.2) is 89.1 Å². The van der Waals surface area contributed by atoms with Crippen molar-refractivity contribution in [3.05, 3.63) is 71.3 Å². The number of benzene rings is 2. The molecule has 0 unspecified atom stereocenters. The van der Waals surface area contributed by atoms with Gasteiger partial charge in [-0.15, -0.1) is 0 Å². The van der Waals surface area contributed by atoms with Crippen LogP contribution in [0.15, 0.2) is 54.6 Å². The van der Waals surface area contributed by atoms with E-state index in [4.69, 9.17) is 5.26 Å². The van der Waals surface area contributed by atoms with E-state index in [0.717, 1.165) is 0 Å². The van der Waals surface area contributed by atoms with Crippen molar-refractivity contribution in [1.82, 2.24) is 31.5 Å². The molecule has 260 valence electrons. The van der Waals surface area contributed by atoms with Crippen molar-refractivity contribution in [2.75, 3.05) is 18.6 Å². The SMILES string of the molecule is CSCC[C@@H]1NC(=O)C[C@@H](c2ccccc2)NC(=O)[C@H](C)NC(=O)[C@@H]2C[C@H](NC(=O)c3ccc(C#N)cc3)CN2C(=O)[C@H](C(C)C)NC1=O. The molecular weight excluding hydrogens is 646 g/mol. The third kappa shape index (κ3) is 9.60. The first-order chi connectivity index (χ1) is 23.4. The molecular formula is C35H43N7O6S. The quantitative estimate of drug-likeness (QED) is 0.288. The summed E-state index contributed by atoms with van der Waals surface area (Å²) in [6.07, 6.45) is 2.08. The highest BCUT2D eigenvalue weighted by Crippen LogP contribution is 2.23. The predicted molar refractivity (Wildman–Crippen MR) is 184 cm³/mol. The number of carbonyl (C=O) groups excluding carboxylic acids is 6. The highest BCUT2D eigenvalue weighted by atomic mass is 32.2. The van der Waals surface area contributed by atoms with Gasteiger partial charge < -0.3 is 31.5 Å². The van der Waals surface area contributed by atoms with Gasteiger partial charge in [0.2, 0.25) is 29.5 Å². The molecule has 5 N–H and O–H groups in total. The summed E-state index contributed by atoms with van der Waals surface area (Å²) in [6.45, 7) is 5.02. The zero-order valence-electron chi connectivity index (χ0n) is 28.0. The topological polar surface area (TPSA) is 190 Å². The third-order valence-electron chi connectivity index (χ3n) is 8.65. The minimum absolute atomic E-state index is 0.0265. The zero-order chi connectivity index (χ0) is 35.7. The van der Waals surface area contributed by atoms with E-state index in [9.17, 15) is 28.8 Å². The summed E-state index contributed by atoms with van der Waals surface area (Å²) >= 11 is 1.51. The van der Waals surface area contributed by atoms with Crippen LogP contribution in [0.5, 0.6) is 0 Å². The molecule has 0 aromatic heterocycles. The highest BCUT2D eigenvalue weighted by molar-refractivity contribution is 7.98. The first-order valence-electron chi connectivity index (χ1n) is 16.3. The summed E-state index contributed by atoms with van der Waals surface area (Å²) in [6, 6.07) is 11.5. The van der Waals surface area contributed by atoms with Crippen LogP contribution < -0.4 is 26.6 Å². The maximum atomic E-state index is 14.2. The maximum Gasteiger partial charge on any atom is 0.251 e. The van der Waals surface area contributed by atoms with E-state index in [1.165, 1.54) is 47.9 Å². The molecule has 2 aliphatic heterocycles. The van der Waals surface area contributed by atoms with Gasteiger partial charge in [-0.05, 0) is 67.5 Å². The van der Waals surface area contributed by atoms with Crippen molar-refractivity contribution in [2.45, 2.75) is 76.3 Å². The Morgan fingerprint density at radius 2 is 1.65 bits per heavy atom. The van der Waals surface area contributed by atoms with Crippen LogP contribution in [0.25, 0.3) is 0 Å². The van der Waals surface area contributed by atoms with Crippen molar-refractivity contribution in [3.8, 4) is 6.07 Å². The highest BCUT2D eigenvalue weighted by Gasteiger charge is 2.44. The Bertz CT molecular complexity index is 1580. The molecule has 13 nitrogen and oxygen atoms in total. The molecule has 0 bridgehead atoms. The number of fused-ring (bicyclic) bond motifs is 1. The van der Waals surface area contributed by atoms with Crippen LogP contribution in [0.4, 0.5) is 0 Å². The van der Waals surface area contributed by atoms with Crippen molar-refractivity contribution >= 4 is 47.2 Å². The fourth-order valence-electron chi connectivity index (χ4n) is 5.90. The number of nitrogens with zero attached hydrogens (tertiary/aromatic N) is 2. The summed E-state index contributed by atoms with van der Waals surface area (Å²) in [5, 5.41) is 23.2. The Balaban J connectivity index is 1.66. The standard InChI is InChI=1S/C35H43N7O6S/c1-20(2)30-35(48)42-19-25(38-32(45)24-12-10-22(18-36)11-13-24)16-28(42)34(47)37-21(3)31(44)40-27(23-8-6-5-7-9-23)17-29(43)39-26(14-15-49-4)33(46)41-30/h5-13,20-21,25-28,30H,14-17,19H2,1-4H3,(H,37,47)(H,38,45)(H,39,43)(H,40,44)(H,41,46)/t21-,25-,26-,27-,28-,30-/m0/s1. The molecule has 2 saturated heterocycles. The Labute approximate surface area is 290 Å². The van der Waals surface area contributed by atoms with Gasteiger partial charge in [-0.3, -0.25) is 28.8 Å². The van der Waals surface area contributed by atoms with Crippen LogP contribution in [0.1, 0.15) is 67.6 Å². The lowest BCUT2D eigenvalue weighted by Crippen LogP contribution is -2.59. The Morgan fingerprint density at radius 3 is 2.29 bits per heavy atom. The van der Waals surface area contributed by atoms with Crippen LogP contribution in [-0.2, 0) is 24.0 Å². The Morgan fingerprint density at radius 1 is 0.959 bits per heavy atom. The lowest BCUT2D eigenvalue weighted by Gasteiger charge is -2.32. The predicted octanol–water partition coefficient (Wildman–Crippen LogP) is 1.40. The first kappa shape index (κ1) is 36.9. The van der Waals surface area contributed by atoms with E-state index in [0.29, 0.717) is 28.9 Å². The Kier molecular flexibility index (Phi) is 12.8. The van der Waals surface area contributed by atoms with Gasteiger partial charge in [0.1, 0.15) is 24.2 Å². The number of thioether (sulfide) groups is 1. The van der Waals surface area contributed by atoms with Gasteiger partial charge in [0, 0.05) is 18.2 Å². The van der Waals surface area contributed by atoms with Crippen molar-refractivity contribution in [1.29, 1.82) is 5.26 Å². The minimum atomic E-state index is -1.06. The van der Waals surface area contributed by atoms with Crippen LogP contribution in [0.3, 0.4) is 0 Å². The number of hydrogen-bond donors (Lipinski definition) is 5. The summed E-state index contributed by atoms with van der Waals surface area (Å²) < 4.78 is 0. The number of amides is 6. The average molecular weight is 690 g/mol. The number of carbonyl (C=O) groups is 6. The molecule has 6 atom stereocenters. The molecule has 0 spiro atoms. The molecule has 0 radical (unpaired) electrons. The van der Waals surface area contributed by atoms with Crippen molar-refractivity contribution in [3.63, 3.8) is 0 Å². The molecule has 2 aromatic rings. The fraction of sp³-hybridized carbons (Fsp3) is 0.457. The summed E-state index contributed by atoms with van der Waals surface area (Å²) in [5.74, 6) is -2.95. The van der Waals surface area contributed by atoms with Crippen LogP contribution >= 0.6 is 11.8 Å². The smallest absolute Gasteiger partial charge is 0.251 e. The second-order valence-electron chi connectivity index (χ2n) is 12.6. The van der Waals surface area contributed by atoms with E-state index in [2.05, 4.69) is 26.6 Å². The van der Waals surface area contributed by atoms with E-state index in [-0.39, 0.29) is 19.4 Å². The number of rotatable bonds is 7. The molecule has 0 saturated carbocycles. The van der Waals surface area contributed by atoms with Gasteiger partial charge in [0.25, 0.3) is 5.91 Å². The molecule has 14 heteroatoms. The van der Waals surface area contributed by atoms with Gasteiger partial charge in [-0.2, -0.15) is 17.0 Å². The van der Waals surface area contributed by atoms with E-state index < -0.39 is 77.6 Å². The fourth-order valence-corrected chi connectivity index (χ4v) is 6.37. The van der Waals surface area contributed by atoms with Gasteiger partial charge >= 0.3 is 0 Å². The molecule has 2 aromatic carbocycles. The monoisotopic (exact) mass is 689 g/mol. The normalized spacial score (nSPS) is 25.4. The molecule has 4 rings (SSSR count). The van der Waals surface area contributed by atoms with Crippen molar-refractivity contribution < 1.29 is 28.8 Å². The molecule has 0 aliphatic carbocycles. The Hall–Kier alpha value is -4.90. The summed E-state index contributed by atoms with van der Waals surface area (Å²) in [4.78, 5) is 82.9. The van der Waals surface area contributed by atoms with E-state index in [1.54, 1.807) is 38.1 Å². The lowest BCUT2D eigenvalue weighted by molar-refractivity contribution is -0.143. The third-order valence-corrected chi connectivity index (χ3v) is 9.30. The van der Waals surface area contributed by atoms with Crippen LogP contribution in [0, 0.1) is 17.2 Å². The average Bonchev–Trinajstić information content (AvgIpc) is 3.51. The second kappa shape index (κ2) is 17.0. The van der Waals surface area contributed by atoms with Gasteiger partial charge in [-0.1, -0.05) is 44.2 Å². The molecule has 2 aliphatic rings. The molecule has 6 amide bonds. The van der Waals surface area contributed by atoms with E-state index >= 15 is 0 Å². The summed E-state index contributed by atoms with van der Waals surface area (Å²) in [5.41, 5.74) is 1.37. The summed E-state index contributed by atoms with van der Waals surface area (Å²) in [7, 11) is 0. The molecule has 49 heavy (non-hydrogen) atoms. The maximum absolute atomic E-state index is 14.2. The van der Waals surface area contributed by atoms with E-state index in [1.807, 2.05) is 18.4 Å². The van der Waals surface area contributed by atoms with Gasteiger partial charge in [-0.25, -0.2) is 0 Å². The number of hydrogen-bond acceptors (Lipinski definition) is 8. The van der Waals surface area contributed by atoms with Gasteiger partial charge in [0.15, 0.2) is 0 Å². The lowest BCUT2D eigenvalue weighted by atomic mass is 10.0. The number of nitrogens with one attached hydrogen (secondary N) is 5. The molecule has 2 heterocycles. The zero-order valence-corrected chi connectivity index (χ0v) is 28.8. The molecule has 2 fully saturated rings. The van der Waals surface area contributed by atoms with Crippen LogP contribution in [0.2, 0.25) is 0 Å². The largest absolute Gasteiger partial charge is 0.347 e. The van der Waals surface area contributed by atoms with Gasteiger partial charge in [0.05, 0.1) is 24.1 Å². The first-order valence-corrected chi connectivity index (χ1v) is 17.7. The second-order valence-corrected chi connectivity index (χ2v) is 13.6. The van der Waals surface area contributed by atoms with Crippen molar-refractivity contribution in [2.24, 2.45) is 5.92 Å². The minimum Gasteiger partial charge on any atom is -0.347 e.